The Balaban J connectivity index is 1.28. The highest BCUT2D eigenvalue weighted by molar-refractivity contribution is 6.07. The lowest BCUT2D eigenvalue weighted by molar-refractivity contribution is -0.127. The van der Waals surface area contributed by atoms with E-state index >= 15 is 4.39 Å². The minimum absolute atomic E-state index is 0.124. The molecular weight excluding hydrogens is 527 g/mol. The number of likely N-dealkylation sites (tertiary alicyclic amines) is 1. The number of piperidine rings is 1. The number of carbonyl (C=O) groups is 1. The van der Waals surface area contributed by atoms with E-state index in [2.05, 4.69) is 31.7 Å². The second-order valence-corrected chi connectivity index (χ2v) is 10.4. The molecular formula is C29H33FN8O3. The number of carbonyl (C=O) groups excluding carboxylic acids is 1. The molecule has 2 aliphatic heterocycles. The third-order valence-corrected chi connectivity index (χ3v) is 7.55. The summed E-state index contributed by atoms with van der Waals surface area (Å²) in [5.74, 6) is 1.11. The number of hydrogen-bond acceptors (Lipinski definition) is 10. The van der Waals surface area contributed by atoms with Gasteiger partial charge in [0.25, 0.3) is 0 Å². The molecule has 11 nitrogen and oxygen atoms in total. The number of amides is 1. The van der Waals surface area contributed by atoms with E-state index in [9.17, 15) is 4.79 Å². The first-order valence-corrected chi connectivity index (χ1v) is 13.3. The number of nitrogens with zero attached hydrogens (tertiary/aromatic N) is 5. The number of ether oxygens (including phenoxy) is 2. The number of pyridine rings is 1. The highest BCUT2D eigenvalue weighted by Crippen LogP contribution is 2.34. The summed E-state index contributed by atoms with van der Waals surface area (Å²) >= 11 is 0. The normalized spacial score (nSPS) is 16.6. The van der Waals surface area contributed by atoms with Crippen LogP contribution < -0.4 is 20.7 Å². The van der Waals surface area contributed by atoms with Gasteiger partial charge in [0.1, 0.15) is 41.1 Å². The van der Waals surface area contributed by atoms with Crippen LogP contribution in [0.25, 0.3) is 0 Å². The molecule has 41 heavy (non-hydrogen) atoms. The number of aromatic nitrogens is 3. The van der Waals surface area contributed by atoms with Crippen LogP contribution in [0.5, 0.6) is 11.5 Å². The molecule has 4 heterocycles. The van der Waals surface area contributed by atoms with Crippen LogP contribution in [-0.4, -0.2) is 70.4 Å². The molecule has 0 unspecified atom stereocenters. The van der Waals surface area contributed by atoms with Crippen LogP contribution in [0.1, 0.15) is 25.3 Å². The number of hydrogen-bond donors (Lipinski definition) is 3. The molecule has 0 radical (unpaired) electrons. The zero-order valence-corrected chi connectivity index (χ0v) is 23.1. The Labute approximate surface area is 237 Å². The van der Waals surface area contributed by atoms with E-state index in [1.54, 1.807) is 36.4 Å². The van der Waals surface area contributed by atoms with Crippen molar-refractivity contribution < 1.29 is 18.7 Å². The molecule has 2 aromatic heterocycles. The number of benzene rings is 1. The van der Waals surface area contributed by atoms with Crippen LogP contribution in [0.2, 0.25) is 0 Å². The van der Waals surface area contributed by atoms with Crippen molar-refractivity contribution in [2.24, 2.45) is 5.92 Å². The highest BCUT2D eigenvalue weighted by Gasteiger charge is 2.39. The summed E-state index contributed by atoms with van der Waals surface area (Å²) < 4.78 is 26.6. The van der Waals surface area contributed by atoms with Crippen LogP contribution >= 0.6 is 0 Å². The fourth-order valence-corrected chi connectivity index (χ4v) is 5.09. The van der Waals surface area contributed by atoms with Gasteiger partial charge in [-0.05, 0) is 44.0 Å². The minimum atomic E-state index is -0.568. The zero-order valence-electron chi connectivity index (χ0n) is 23.1. The van der Waals surface area contributed by atoms with Gasteiger partial charge >= 0.3 is 0 Å². The lowest BCUT2D eigenvalue weighted by Crippen LogP contribution is -2.61. The molecule has 4 N–H and O–H groups in total. The van der Waals surface area contributed by atoms with Crippen LogP contribution in [-0.2, 0) is 9.53 Å². The van der Waals surface area contributed by atoms with E-state index < -0.39 is 5.82 Å². The number of halogens is 1. The van der Waals surface area contributed by atoms with Crippen molar-refractivity contribution in [2.75, 3.05) is 49.2 Å². The molecule has 0 spiro atoms. The van der Waals surface area contributed by atoms with Gasteiger partial charge in [0.2, 0.25) is 5.91 Å². The molecule has 0 saturated carbocycles. The van der Waals surface area contributed by atoms with Crippen LogP contribution in [0.15, 0.2) is 55.5 Å². The summed E-state index contributed by atoms with van der Waals surface area (Å²) in [5, 5.41) is 11.8. The molecule has 2 aliphatic rings. The summed E-state index contributed by atoms with van der Waals surface area (Å²) in [6.07, 6.45) is 5.39. The fourth-order valence-electron chi connectivity index (χ4n) is 5.09. The largest absolute Gasteiger partial charge is 0.457 e. The average Bonchev–Trinajstić information content (AvgIpc) is 2.96. The first-order chi connectivity index (χ1) is 19.7. The molecule has 12 heteroatoms. The lowest BCUT2D eigenvalue weighted by Gasteiger charge is -2.47. The van der Waals surface area contributed by atoms with Crippen LogP contribution in [0.3, 0.4) is 0 Å². The quantitative estimate of drug-likeness (QED) is 0.260. The van der Waals surface area contributed by atoms with Gasteiger partial charge in [-0.1, -0.05) is 6.58 Å². The fraction of sp³-hybridized carbons (Fsp3) is 0.345. The van der Waals surface area contributed by atoms with Gasteiger partial charge in [0.15, 0.2) is 0 Å². The molecule has 3 aromatic rings. The molecule has 2 fully saturated rings. The third-order valence-electron chi connectivity index (χ3n) is 7.55. The average molecular weight is 561 g/mol. The van der Waals surface area contributed by atoms with Crippen molar-refractivity contribution >= 4 is 34.8 Å². The van der Waals surface area contributed by atoms with E-state index in [1.165, 1.54) is 24.5 Å². The van der Waals surface area contributed by atoms with Gasteiger partial charge in [-0.15, -0.1) is 0 Å². The molecule has 2 saturated heterocycles. The van der Waals surface area contributed by atoms with Gasteiger partial charge in [-0.3, -0.25) is 4.79 Å². The third kappa shape index (κ3) is 5.97. The van der Waals surface area contributed by atoms with Gasteiger partial charge < -0.3 is 35.7 Å². The molecule has 0 aliphatic carbocycles. The van der Waals surface area contributed by atoms with Gasteiger partial charge in [-0.25, -0.2) is 19.3 Å². The maximum absolute atomic E-state index is 15.2. The molecule has 1 aromatic carbocycles. The highest BCUT2D eigenvalue weighted by atomic mass is 19.1. The molecule has 1 amide bonds. The van der Waals surface area contributed by atoms with Crippen molar-refractivity contribution in [3.63, 3.8) is 0 Å². The van der Waals surface area contributed by atoms with E-state index in [0.717, 1.165) is 18.9 Å². The van der Waals surface area contributed by atoms with E-state index in [4.69, 9.17) is 20.6 Å². The Kier molecular flexibility index (Phi) is 7.84. The van der Waals surface area contributed by atoms with E-state index in [0.29, 0.717) is 43.0 Å². The van der Waals surface area contributed by atoms with Crippen molar-refractivity contribution in [1.29, 1.82) is 5.41 Å². The summed E-state index contributed by atoms with van der Waals surface area (Å²) in [6, 6.07) is 7.97. The van der Waals surface area contributed by atoms with Crippen molar-refractivity contribution in [3.05, 3.63) is 66.9 Å². The Morgan fingerprint density at radius 1 is 1.20 bits per heavy atom. The van der Waals surface area contributed by atoms with E-state index in [-0.39, 0.29) is 40.5 Å². The number of anilines is 4. The standard InChI is InChI=1S/C29H33FN8O3/c1-4-24(39)37-11-8-18(9-12-37)26(31)25-27(32)34-17-35-28(25)36-22-6-5-19(13-21(22)30)41-20-7-10-33-23(14-20)38-15-29(2,16-38)40-3/h4-7,10,13-14,17-18,31H,1,8-9,11-12,15-16H2,2-3H3,(H3,32,34,35,36). The Hall–Kier alpha value is -4.58. The zero-order chi connectivity index (χ0) is 29.1. The summed E-state index contributed by atoms with van der Waals surface area (Å²) in [4.78, 5) is 28.4. The smallest absolute Gasteiger partial charge is 0.245 e. The second-order valence-electron chi connectivity index (χ2n) is 10.4. The summed E-state index contributed by atoms with van der Waals surface area (Å²) in [5.41, 5.74) is 6.68. The predicted octanol–water partition coefficient (Wildman–Crippen LogP) is 4.15. The van der Waals surface area contributed by atoms with Gasteiger partial charge in [-0.2, -0.15) is 0 Å². The van der Waals surface area contributed by atoms with E-state index in [1.807, 2.05) is 6.92 Å². The predicted molar refractivity (Wildman–Crippen MR) is 154 cm³/mol. The SMILES string of the molecule is C=CC(=O)N1CCC(C(=N)c2c(N)ncnc2Nc2ccc(Oc3ccnc(N4CC(C)(OC)C4)c3)cc2F)CC1. The summed E-state index contributed by atoms with van der Waals surface area (Å²) in [7, 11) is 1.70. The number of rotatable bonds is 9. The number of nitrogens with two attached hydrogens (primary N) is 1. The molecule has 0 atom stereocenters. The Bertz CT molecular complexity index is 1470. The van der Waals surface area contributed by atoms with Crippen LogP contribution in [0.4, 0.5) is 27.5 Å². The monoisotopic (exact) mass is 560 g/mol. The first-order valence-electron chi connectivity index (χ1n) is 13.3. The molecule has 0 bridgehead atoms. The summed E-state index contributed by atoms with van der Waals surface area (Å²) in [6.45, 7) is 8.03. The van der Waals surface area contributed by atoms with Crippen molar-refractivity contribution in [3.8, 4) is 11.5 Å². The maximum Gasteiger partial charge on any atom is 0.245 e. The van der Waals surface area contributed by atoms with Crippen LogP contribution in [0, 0.1) is 17.1 Å². The Morgan fingerprint density at radius 2 is 1.93 bits per heavy atom. The molecule has 5 rings (SSSR count). The first kappa shape index (κ1) is 28.0. The van der Waals surface area contributed by atoms with Gasteiger partial charge in [0.05, 0.1) is 16.9 Å². The lowest BCUT2D eigenvalue weighted by atomic mass is 9.88. The number of nitrogen functional groups attached to an aromatic ring is 1. The minimum Gasteiger partial charge on any atom is -0.457 e. The second kappa shape index (κ2) is 11.5. The number of nitrogens with one attached hydrogen (secondary N) is 2. The Morgan fingerprint density at radius 3 is 2.61 bits per heavy atom. The van der Waals surface area contributed by atoms with Crippen molar-refractivity contribution in [1.82, 2.24) is 19.9 Å². The molecule has 214 valence electrons. The maximum atomic E-state index is 15.2. The topological polar surface area (TPSA) is 143 Å². The number of methoxy groups -OCH3 is 1. The van der Waals surface area contributed by atoms with Crippen molar-refractivity contribution in [2.45, 2.75) is 25.4 Å². The van der Waals surface area contributed by atoms with Gasteiger partial charge in [0, 0.05) is 63.2 Å².